The normalized spacial score (nSPS) is 19.2. The Kier molecular flexibility index (Phi) is 4.12. The van der Waals surface area contributed by atoms with Crippen molar-refractivity contribution in [3.8, 4) is 0 Å². The first kappa shape index (κ1) is 12.9. The zero-order chi connectivity index (χ0) is 12.3. The van der Waals surface area contributed by atoms with Crippen LogP contribution < -0.4 is 5.32 Å². The average molecular weight is 255 g/mol. The third-order valence-electron chi connectivity index (χ3n) is 2.95. The maximum absolute atomic E-state index is 10.0. The number of hydrogen-bond donors (Lipinski definition) is 2. The molecular formula is C12H21N3OS. The fourth-order valence-corrected chi connectivity index (χ4v) is 2.70. The number of hydrogen-bond acceptors (Lipinski definition) is 4. The Labute approximate surface area is 107 Å². The predicted octanol–water partition coefficient (Wildman–Crippen LogP) is 1.42. The van der Waals surface area contributed by atoms with Crippen molar-refractivity contribution in [1.82, 2.24) is 14.9 Å². The molecule has 0 saturated heterocycles. The first-order chi connectivity index (χ1) is 8.12. The van der Waals surface area contributed by atoms with Gasteiger partial charge in [0.15, 0.2) is 0 Å². The van der Waals surface area contributed by atoms with E-state index < -0.39 is 5.60 Å². The second kappa shape index (κ2) is 5.42. The number of rotatable bonds is 7. The molecule has 5 heteroatoms. The molecule has 0 aromatic carbocycles. The van der Waals surface area contributed by atoms with Crippen molar-refractivity contribution >= 4 is 11.8 Å². The number of thioether (sulfide) groups is 1. The SMILES string of the molecule is CSCC(C)(O)CNCc1cncn1C1CC1. The van der Waals surface area contributed by atoms with Gasteiger partial charge in [-0.3, -0.25) is 0 Å². The van der Waals surface area contributed by atoms with Crippen LogP contribution >= 0.6 is 11.8 Å². The zero-order valence-electron chi connectivity index (χ0n) is 10.5. The van der Waals surface area contributed by atoms with Crippen molar-refractivity contribution in [2.45, 2.75) is 38.0 Å². The minimum atomic E-state index is -0.635. The van der Waals surface area contributed by atoms with Crippen molar-refractivity contribution in [2.75, 3.05) is 18.6 Å². The smallest absolute Gasteiger partial charge is 0.0951 e. The molecule has 0 amide bonds. The molecule has 0 aliphatic heterocycles. The molecule has 1 aliphatic rings. The predicted molar refractivity (Wildman–Crippen MR) is 71.2 cm³/mol. The van der Waals surface area contributed by atoms with Gasteiger partial charge in [-0.15, -0.1) is 0 Å². The highest BCUT2D eigenvalue weighted by Crippen LogP contribution is 2.35. The lowest BCUT2D eigenvalue weighted by Gasteiger charge is -2.22. The topological polar surface area (TPSA) is 50.1 Å². The summed E-state index contributed by atoms with van der Waals surface area (Å²) in [7, 11) is 0. The van der Waals surface area contributed by atoms with Crippen LogP contribution in [0.5, 0.6) is 0 Å². The molecule has 1 fully saturated rings. The first-order valence-corrected chi connectivity index (χ1v) is 7.44. The number of nitrogens with zero attached hydrogens (tertiary/aromatic N) is 2. The second-order valence-electron chi connectivity index (χ2n) is 5.06. The average Bonchev–Trinajstić information content (AvgIpc) is 2.99. The van der Waals surface area contributed by atoms with Crippen molar-refractivity contribution in [1.29, 1.82) is 0 Å². The van der Waals surface area contributed by atoms with Gasteiger partial charge in [0.25, 0.3) is 0 Å². The molecule has 96 valence electrons. The minimum absolute atomic E-state index is 0.615. The molecule has 17 heavy (non-hydrogen) atoms. The molecule has 1 unspecified atom stereocenters. The summed E-state index contributed by atoms with van der Waals surface area (Å²) in [4.78, 5) is 4.19. The molecule has 1 atom stereocenters. The monoisotopic (exact) mass is 255 g/mol. The van der Waals surface area contributed by atoms with Crippen molar-refractivity contribution in [3.05, 3.63) is 18.2 Å². The maximum atomic E-state index is 10.0. The van der Waals surface area contributed by atoms with Crippen molar-refractivity contribution in [3.63, 3.8) is 0 Å². The lowest BCUT2D eigenvalue weighted by molar-refractivity contribution is 0.0844. The molecule has 0 bridgehead atoms. The van der Waals surface area contributed by atoms with E-state index >= 15 is 0 Å². The first-order valence-electron chi connectivity index (χ1n) is 6.05. The Balaban J connectivity index is 1.79. The van der Waals surface area contributed by atoms with Crippen LogP contribution in [0.15, 0.2) is 12.5 Å². The summed E-state index contributed by atoms with van der Waals surface area (Å²) in [5.74, 6) is 0.752. The Bertz CT molecular complexity index is 360. The zero-order valence-corrected chi connectivity index (χ0v) is 11.3. The van der Waals surface area contributed by atoms with Crippen LogP contribution in [0.1, 0.15) is 31.5 Å². The second-order valence-corrected chi connectivity index (χ2v) is 5.92. The van der Waals surface area contributed by atoms with E-state index in [1.54, 1.807) is 11.8 Å². The van der Waals surface area contributed by atoms with Gasteiger partial charge >= 0.3 is 0 Å². The molecular weight excluding hydrogens is 234 g/mol. The lowest BCUT2D eigenvalue weighted by Crippen LogP contribution is -2.39. The number of imidazole rings is 1. The van der Waals surface area contributed by atoms with Crippen LogP contribution in [-0.4, -0.2) is 38.8 Å². The van der Waals surface area contributed by atoms with Crippen molar-refractivity contribution < 1.29 is 5.11 Å². The molecule has 2 N–H and O–H groups in total. The van der Waals surface area contributed by atoms with Crippen LogP contribution in [0.3, 0.4) is 0 Å². The molecule has 0 spiro atoms. The van der Waals surface area contributed by atoms with Gasteiger partial charge in [-0.1, -0.05) is 0 Å². The molecule has 4 nitrogen and oxygen atoms in total. The fraction of sp³-hybridized carbons (Fsp3) is 0.750. The number of aromatic nitrogens is 2. The van der Waals surface area contributed by atoms with Crippen LogP contribution in [0.4, 0.5) is 0 Å². The van der Waals surface area contributed by atoms with Gasteiger partial charge in [0.05, 0.1) is 17.6 Å². The van der Waals surface area contributed by atoms with E-state index in [9.17, 15) is 5.11 Å². The minimum Gasteiger partial charge on any atom is -0.388 e. The largest absolute Gasteiger partial charge is 0.388 e. The van der Waals surface area contributed by atoms with Crippen LogP contribution in [0, 0.1) is 0 Å². The highest BCUT2D eigenvalue weighted by molar-refractivity contribution is 7.98. The van der Waals surface area contributed by atoms with Gasteiger partial charge in [0.2, 0.25) is 0 Å². The lowest BCUT2D eigenvalue weighted by atomic mass is 10.1. The van der Waals surface area contributed by atoms with E-state index in [2.05, 4.69) is 14.9 Å². The molecule has 1 aromatic rings. The molecule has 2 rings (SSSR count). The third-order valence-corrected chi connectivity index (χ3v) is 3.86. The summed E-state index contributed by atoms with van der Waals surface area (Å²) in [5, 5.41) is 13.3. The standard InChI is InChI=1S/C12H21N3OS/c1-12(16,8-17-2)7-13-5-11-6-14-9-15(11)10-3-4-10/h6,9-10,13,16H,3-5,7-8H2,1-2H3. The summed E-state index contributed by atoms with van der Waals surface area (Å²) >= 11 is 1.67. The number of nitrogens with one attached hydrogen (secondary N) is 1. The van der Waals surface area contributed by atoms with Crippen LogP contribution in [0.25, 0.3) is 0 Å². The summed E-state index contributed by atoms with van der Waals surface area (Å²) < 4.78 is 2.25. The summed E-state index contributed by atoms with van der Waals surface area (Å²) in [6.07, 6.45) is 8.38. The third kappa shape index (κ3) is 3.72. The maximum Gasteiger partial charge on any atom is 0.0951 e. The van der Waals surface area contributed by atoms with Crippen LogP contribution in [-0.2, 0) is 6.54 Å². The summed E-state index contributed by atoms with van der Waals surface area (Å²) in [6.45, 7) is 3.26. The van der Waals surface area contributed by atoms with E-state index in [1.807, 2.05) is 25.7 Å². The summed E-state index contributed by atoms with van der Waals surface area (Å²) in [5.41, 5.74) is 0.580. The van der Waals surface area contributed by atoms with E-state index in [0.717, 1.165) is 12.3 Å². The van der Waals surface area contributed by atoms with Crippen LogP contribution in [0.2, 0.25) is 0 Å². The molecule has 1 heterocycles. The van der Waals surface area contributed by atoms with E-state index in [0.29, 0.717) is 12.6 Å². The summed E-state index contributed by atoms with van der Waals surface area (Å²) in [6, 6.07) is 0.668. The molecule has 1 aromatic heterocycles. The Morgan fingerprint density at radius 3 is 3.06 bits per heavy atom. The quantitative estimate of drug-likeness (QED) is 0.774. The highest BCUT2D eigenvalue weighted by atomic mass is 32.2. The van der Waals surface area contributed by atoms with Gasteiger partial charge in [-0.2, -0.15) is 11.8 Å². The molecule has 0 radical (unpaired) electrons. The van der Waals surface area contributed by atoms with E-state index in [1.165, 1.54) is 18.5 Å². The highest BCUT2D eigenvalue weighted by Gasteiger charge is 2.25. The van der Waals surface area contributed by atoms with Gasteiger partial charge in [0, 0.05) is 31.1 Å². The van der Waals surface area contributed by atoms with Gasteiger partial charge in [-0.05, 0) is 26.0 Å². The van der Waals surface area contributed by atoms with Crippen molar-refractivity contribution in [2.24, 2.45) is 0 Å². The Morgan fingerprint density at radius 1 is 1.65 bits per heavy atom. The van der Waals surface area contributed by atoms with Gasteiger partial charge < -0.3 is 15.0 Å². The van der Waals surface area contributed by atoms with E-state index in [-0.39, 0.29) is 0 Å². The van der Waals surface area contributed by atoms with E-state index in [4.69, 9.17) is 0 Å². The van der Waals surface area contributed by atoms with Gasteiger partial charge in [-0.25, -0.2) is 4.98 Å². The molecule has 1 saturated carbocycles. The Hall–Kier alpha value is -0.520. The number of aliphatic hydroxyl groups is 1. The van der Waals surface area contributed by atoms with Gasteiger partial charge in [0.1, 0.15) is 0 Å². The Morgan fingerprint density at radius 2 is 2.41 bits per heavy atom. The fourth-order valence-electron chi connectivity index (χ4n) is 1.97. The molecule has 1 aliphatic carbocycles.